The molecule has 1 rings (SSSR count). The Morgan fingerprint density at radius 3 is 2.46 bits per heavy atom. The van der Waals surface area contributed by atoms with Gasteiger partial charge in [0.2, 0.25) is 0 Å². The van der Waals surface area contributed by atoms with Crippen molar-refractivity contribution in [2.45, 2.75) is 0 Å². The lowest BCUT2D eigenvalue weighted by Gasteiger charge is -2.00. The number of hydrogen-bond donors (Lipinski definition) is 1. The molecule has 1 radical (unpaired) electrons. The summed E-state index contributed by atoms with van der Waals surface area (Å²) in [4.78, 5) is 21.5. The summed E-state index contributed by atoms with van der Waals surface area (Å²) in [6.45, 7) is 3.85. The van der Waals surface area contributed by atoms with Crippen LogP contribution in [0.3, 0.4) is 0 Å². The summed E-state index contributed by atoms with van der Waals surface area (Å²) in [6.07, 6.45) is 0.739. The number of rotatable bonds is 3. The van der Waals surface area contributed by atoms with Gasteiger partial charge in [-0.15, -0.1) is 0 Å². The lowest BCUT2D eigenvalue weighted by Crippen LogP contribution is -2.22. The zero-order chi connectivity index (χ0) is 9.68. The number of nitrogens with one attached hydrogen (secondary N) is 1. The molecule has 0 unspecified atom stereocenters. The van der Waals surface area contributed by atoms with E-state index >= 15 is 0 Å². The van der Waals surface area contributed by atoms with Gasteiger partial charge in [0.05, 0.1) is 0 Å². The first-order chi connectivity index (χ1) is 6.27. The highest BCUT2D eigenvalue weighted by atomic mass is 16.1. The summed E-state index contributed by atoms with van der Waals surface area (Å²) < 4.78 is 0. The minimum Gasteiger partial charge on any atom is -0.352 e. The highest BCUT2D eigenvalue weighted by Gasteiger charge is 2.02. The number of carbonyl (C=O) groups is 2. The SMILES string of the molecule is [CH2]CNC(=O)c1ccc(C=O)cc1. The Labute approximate surface area is 76.8 Å². The van der Waals surface area contributed by atoms with Gasteiger partial charge < -0.3 is 5.32 Å². The predicted octanol–water partition coefficient (Wildman–Crippen LogP) is 1.06. The van der Waals surface area contributed by atoms with E-state index < -0.39 is 0 Å². The molecule has 0 bridgehead atoms. The van der Waals surface area contributed by atoms with Crippen molar-refractivity contribution in [1.82, 2.24) is 5.32 Å². The first-order valence-electron chi connectivity index (χ1n) is 3.90. The minimum absolute atomic E-state index is 0.174. The third-order valence-corrected chi connectivity index (χ3v) is 1.59. The summed E-state index contributed by atoms with van der Waals surface area (Å²) in [5.74, 6) is -0.174. The molecule has 1 aromatic carbocycles. The molecule has 0 aliphatic heterocycles. The number of aldehydes is 1. The molecule has 0 fully saturated rings. The van der Waals surface area contributed by atoms with Gasteiger partial charge >= 0.3 is 0 Å². The summed E-state index contributed by atoms with van der Waals surface area (Å²) in [5.41, 5.74) is 1.10. The highest BCUT2D eigenvalue weighted by Crippen LogP contribution is 2.01. The largest absolute Gasteiger partial charge is 0.352 e. The van der Waals surface area contributed by atoms with E-state index in [1.54, 1.807) is 24.3 Å². The molecular formula is C10H10NO2. The smallest absolute Gasteiger partial charge is 0.251 e. The van der Waals surface area contributed by atoms with Gasteiger partial charge in [-0.3, -0.25) is 9.59 Å². The van der Waals surface area contributed by atoms with Crippen molar-refractivity contribution in [2.24, 2.45) is 0 Å². The van der Waals surface area contributed by atoms with Gasteiger partial charge in [-0.2, -0.15) is 0 Å². The summed E-state index contributed by atoms with van der Waals surface area (Å²) in [7, 11) is 0. The van der Waals surface area contributed by atoms with Gasteiger partial charge in [0.1, 0.15) is 6.29 Å². The van der Waals surface area contributed by atoms with Crippen molar-refractivity contribution in [3.05, 3.63) is 42.3 Å². The standard InChI is InChI=1S/C10H10NO2/c1-2-11-10(13)9-5-3-8(7-12)4-6-9/h3-7H,1-2H2,(H,11,13). The van der Waals surface area contributed by atoms with E-state index in [0.29, 0.717) is 17.7 Å². The van der Waals surface area contributed by atoms with Crippen LogP contribution in [0.5, 0.6) is 0 Å². The number of benzene rings is 1. The second-order valence-electron chi connectivity index (χ2n) is 2.50. The molecule has 13 heavy (non-hydrogen) atoms. The van der Waals surface area contributed by atoms with E-state index in [0.717, 1.165) is 6.29 Å². The molecule has 1 amide bonds. The average molecular weight is 176 g/mol. The van der Waals surface area contributed by atoms with Crippen molar-refractivity contribution in [2.75, 3.05) is 6.54 Å². The maximum absolute atomic E-state index is 11.2. The molecule has 1 aromatic rings. The quantitative estimate of drug-likeness (QED) is 0.700. The van der Waals surface area contributed by atoms with Crippen molar-refractivity contribution < 1.29 is 9.59 Å². The lowest BCUT2D eigenvalue weighted by atomic mass is 10.1. The minimum atomic E-state index is -0.174. The molecule has 0 aliphatic carbocycles. The van der Waals surface area contributed by atoms with E-state index in [1.165, 1.54) is 0 Å². The average Bonchev–Trinajstić information content (AvgIpc) is 2.18. The lowest BCUT2D eigenvalue weighted by molar-refractivity contribution is 0.0957. The Balaban J connectivity index is 2.79. The molecule has 0 aromatic heterocycles. The third-order valence-electron chi connectivity index (χ3n) is 1.59. The topological polar surface area (TPSA) is 46.2 Å². The van der Waals surface area contributed by atoms with Crippen LogP contribution in [0, 0.1) is 6.92 Å². The van der Waals surface area contributed by atoms with Crippen LogP contribution in [0.15, 0.2) is 24.3 Å². The van der Waals surface area contributed by atoms with Crippen molar-refractivity contribution >= 4 is 12.2 Å². The second kappa shape index (κ2) is 4.40. The Morgan fingerprint density at radius 1 is 1.38 bits per heavy atom. The monoisotopic (exact) mass is 176 g/mol. The van der Waals surface area contributed by atoms with Crippen molar-refractivity contribution in [1.29, 1.82) is 0 Å². The van der Waals surface area contributed by atoms with E-state index in [-0.39, 0.29) is 5.91 Å². The maximum atomic E-state index is 11.2. The van der Waals surface area contributed by atoms with Crippen LogP contribution in [0.25, 0.3) is 0 Å². The Bertz CT molecular complexity index is 303. The molecule has 3 nitrogen and oxygen atoms in total. The normalized spacial score (nSPS) is 9.31. The van der Waals surface area contributed by atoms with E-state index in [1.807, 2.05) is 0 Å². The molecule has 0 atom stereocenters. The molecule has 0 heterocycles. The number of hydrogen-bond acceptors (Lipinski definition) is 2. The molecule has 0 saturated carbocycles. The van der Waals surface area contributed by atoms with E-state index in [9.17, 15) is 9.59 Å². The van der Waals surface area contributed by atoms with Gasteiger partial charge in [0.15, 0.2) is 0 Å². The molecule has 0 aliphatic rings. The fourth-order valence-electron chi connectivity index (χ4n) is 0.929. The fraction of sp³-hybridized carbons (Fsp3) is 0.100. The second-order valence-corrected chi connectivity index (χ2v) is 2.50. The summed E-state index contributed by atoms with van der Waals surface area (Å²) >= 11 is 0. The number of carbonyl (C=O) groups excluding carboxylic acids is 2. The zero-order valence-electron chi connectivity index (χ0n) is 7.12. The summed E-state index contributed by atoms with van der Waals surface area (Å²) in [5, 5.41) is 2.56. The van der Waals surface area contributed by atoms with Gasteiger partial charge in [0.25, 0.3) is 5.91 Å². The molecule has 0 saturated heterocycles. The Hall–Kier alpha value is -1.64. The molecule has 3 heteroatoms. The first kappa shape index (κ1) is 9.45. The molecule has 1 N–H and O–H groups in total. The van der Waals surface area contributed by atoms with Crippen LogP contribution in [0.2, 0.25) is 0 Å². The van der Waals surface area contributed by atoms with Crippen LogP contribution in [0.1, 0.15) is 20.7 Å². The summed E-state index contributed by atoms with van der Waals surface area (Å²) in [6, 6.07) is 6.42. The fourth-order valence-corrected chi connectivity index (χ4v) is 0.929. The highest BCUT2D eigenvalue weighted by molar-refractivity contribution is 5.94. The van der Waals surface area contributed by atoms with E-state index in [4.69, 9.17) is 0 Å². The van der Waals surface area contributed by atoms with Gasteiger partial charge in [-0.05, 0) is 19.1 Å². The van der Waals surface area contributed by atoms with Crippen LogP contribution in [0.4, 0.5) is 0 Å². The number of amides is 1. The van der Waals surface area contributed by atoms with Gasteiger partial charge in [-0.1, -0.05) is 12.1 Å². The Morgan fingerprint density at radius 2 is 2.00 bits per heavy atom. The molecule has 67 valence electrons. The first-order valence-corrected chi connectivity index (χ1v) is 3.90. The zero-order valence-corrected chi connectivity index (χ0v) is 7.12. The molecule has 0 spiro atoms. The predicted molar refractivity (Wildman–Crippen MR) is 49.5 cm³/mol. The molecular weight excluding hydrogens is 166 g/mol. The van der Waals surface area contributed by atoms with Gasteiger partial charge in [-0.25, -0.2) is 0 Å². The Kier molecular flexibility index (Phi) is 3.20. The van der Waals surface area contributed by atoms with Gasteiger partial charge in [0, 0.05) is 17.7 Å². The maximum Gasteiger partial charge on any atom is 0.251 e. The van der Waals surface area contributed by atoms with Crippen LogP contribution in [-0.2, 0) is 0 Å². The van der Waals surface area contributed by atoms with Crippen molar-refractivity contribution in [3.63, 3.8) is 0 Å². The van der Waals surface area contributed by atoms with Crippen LogP contribution >= 0.6 is 0 Å². The van der Waals surface area contributed by atoms with Crippen LogP contribution < -0.4 is 5.32 Å². The van der Waals surface area contributed by atoms with E-state index in [2.05, 4.69) is 12.2 Å². The van der Waals surface area contributed by atoms with Crippen molar-refractivity contribution in [3.8, 4) is 0 Å². The van der Waals surface area contributed by atoms with Crippen LogP contribution in [-0.4, -0.2) is 18.7 Å². The third kappa shape index (κ3) is 2.40.